The third-order valence-electron chi connectivity index (χ3n) is 5.56. The van der Waals surface area contributed by atoms with Gasteiger partial charge in [0.05, 0.1) is 5.71 Å². The first-order valence-electron chi connectivity index (χ1n) is 11.0. The molecule has 2 aromatic rings. The van der Waals surface area contributed by atoms with Crippen molar-refractivity contribution >= 4 is 23.2 Å². The number of nitrogens with zero attached hydrogens (tertiary/aromatic N) is 1. The molecule has 0 heterocycles. The highest BCUT2D eigenvalue weighted by Gasteiger charge is 2.21. The molecule has 1 aliphatic carbocycles. The summed E-state index contributed by atoms with van der Waals surface area (Å²) in [4.78, 5) is 24.9. The van der Waals surface area contributed by atoms with Gasteiger partial charge in [-0.1, -0.05) is 62.9 Å². The van der Waals surface area contributed by atoms with Crippen LogP contribution in [0.15, 0.2) is 59.7 Å². The van der Waals surface area contributed by atoms with Crippen LogP contribution in [0.3, 0.4) is 0 Å². The third-order valence-corrected chi connectivity index (χ3v) is 5.56. The monoisotopic (exact) mass is 405 g/mol. The van der Waals surface area contributed by atoms with Gasteiger partial charge in [0, 0.05) is 17.2 Å². The smallest absolute Gasteiger partial charge is 0.271 e. The first-order valence-corrected chi connectivity index (χ1v) is 11.0. The fourth-order valence-corrected chi connectivity index (χ4v) is 3.74. The number of hydrogen-bond acceptors (Lipinski definition) is 3. The minimum Gasteiger partial charge on any atom is -0.326 e. The largest absolute Gasteiger partial charge is 0.326 e. The fourth-order valence-electron chi connectivity index (χ4n) is 3.74. The van der Waals surface area contributed by atoms with E-state index in [0.717, 1.165) is 61.9 Å². The summed E-state index contributed by atoms with van der Waals surface area (Å²) in [7, 11) is 0. The number of rotatable bonds is 8. The van der Waals surface area contributed by atoms with E-state index in [-0.39, 0.29) is 17.7 Å². The zero-order chi connectivity index (χ0) is 21.2. The van der Waals surface area contributed by atoms with Gasteiger partial charge in [0.1, 0.15) is 0 Å². The number of unbranched alkanes of at least 4 members (excludes halogenated alkanes) is 1. The first kappa shape index (κ1) is 21.8. The number of benzene rings is 2. The number of nitrogens with one attached hydrogen (secondary N) is 2. The molecule has 2 aromatic carbocycles. The Labute approximate surface area is 179 Å². The second kappa shape index (κ2) is 11.3. The van der Waals surface area contributed by atoms with Crippen molar-refractivity contribution in [1.82, 2.24) is 5.43 Å². The van der Waals surface area contributed by atoms with Crippen LogP contribution in [-0.4, -0.2) is 17.5 Å². The van der Waals surface area contributed by atoms with Gasteiger partial charge in [0.25, 0.3) is 5.91 Å². The molecule has 1 fully saturated rings. The van der Waals surface area contributed by atoms with E-state index < -0.39 is 0 Å². The molecule has 0 aliphatic heterocycles. The van der Waals surface area contributed by atoms with Gasteiger partial charge in [0.15, 0.2) is 0 Å². The zero-order valence-electron chi connectivity index (χ0n) is 17.7. The Morgan fingerprint density at radius 1 is 0.933 bits per heavy atom. The summed E-state index contributed by atoms with van der Waals surface area (Å²) >= 11 is 0. The first-order chi connectivity index (χ1) is 14.7. The summed E-state index contributed by atoms with van der Waals surface area (Å²) < 4.78 is 0. The Morgan fingerprint density at radius 2 is 1.63 bits per heavy atom. The number of anilines is 1. The van der Waals surface area contributed by atoms with E-state index in [2.05, 4.69) is 22.8 Å². The van der Waals surface area contributed by atoms with Crippen LogP contribution in [-0.2, 0) is 4.79 Å². The molecular weight excluding hydrogens is 374 g/mol. The number of hydrazone groups is 1. The Morgan fingerprint density at radius 3 is 2.30 bits per heavy atom. The van der Waals surface area contributed by atoms with Crippen molar-refractivity contribution in [2.75, 3.05) is 5.32 Å². The third kappa shape index (κ3) is 6.28. The van der Waals surface area contributed by atoms with Crippen LogP contribution in [0, 0.1) is 5.92 Å². The minimum absolute atomic E-state index is 0.0833. The Balaban J connectivity index is 1.60. The molecule has 0 radical (unpaired) electrons. The number of carbonyl (C=O) groups is 2. The predicted octanol–water partition coefficient (Wildman–Crippen LogP) is 5.53. The van der Waals surface area contributed by atoms with Gasteiger partial charge in [-0.2, -0.15) is 5.10 Å². The SMILES string of the molecule is CCCC/C(=N\NC(=O)c1ccc(NC(=O)C2CCCCC2)cc1)c1ccccc1. The Kier molecular flexibility index (Phi) is 8.19. The molecule has 0 unspecified atom stereocenters. The molecule has 0 bridgehead atoms. The lowest BCUT2D eigenvalue weighted by Crippen LogP contribution is -2.24. The molecule has 0 saturated heterocycles. The van der Waals surface area contributed by atoms with Crippen molar-refractivity contribution in [3.05, 3.63) is 65.7 Å². The van der Waals surface area contributed by atoms with E-state index in [9.17, 15) is 9.59 Å². The molecule has 5 nitrogen and oxygen atoms in total. The lowest BCUT2D eigenvalue weighted by Gasteiger charge is -2.20. The maximum absolute atomic E-state index is 12.5. The molecule has 30 heavy (non-hydrogen) atoms. The zero-order valence-corrected chi connectivity index (χ0v) is 17.7. The summed E-state index contributed by atoms with van der Waals surface area (Å²) in [6, 6.07) is 16.9. The number of amides is 2. The second-order valence-electron chi connectivity index (χ2n) is 7.87. The van der Waals surface area contributed by atoms with Crippen LogP contribution >= 0.6 is 0 Å². The van der Waals surface area contributed by atoms with E-state index >= 15 is 0 Å². The van der Waals surface area contributed by atoms with Crippen LogP contribution in [0.5, 0.6) is 0 Å². The number of carbonyl (C=O) groups excluding carboxylic acids is 2. The molecule has 1 saturated carbocycles. The maximum atomic E-state index is 12.5. The topological polar surface area (TPSA) is 70.6 Å². The molecule has 5 heteroatoms. The maximum Gasteiger partial charge on any atom is 0.271 e. The predicted molar refractivity (Wildman–Crippen MR) is 122 cm³/mol. The van der Waals surface area contributed by atoms with Gasteiger partial charge in [0.2, 0.25) is 5.91 Å². The average molecular weight is 406 g/mol. The summed E-state index contributed by atoms with van der Waals surface area (Å²) in [6.45, 7) is 2.13. The van der Waals surface area contributed by atoms with Gasteiger partial charge < -0.3 is 5.32 Å². The van der Waals surface area contributed by atoms with Crippen molar-refractivity contribution in [3.8, 4) is 0 Å². The molecular formula is C25H31N3O2. The molecule has 2 amide bonds. The normalized spacial score (nSPS) is 14.9. The van der Waals surface area contributed by atoms with Crippen LogP contribution < -0.4 is 10.7 Å². The lowest BCUT2D eigenvalue weighted by molar-refractivity contribution is -0.120. The minimum atomic E-state index is -0.259. The number of hydrogen-bond donors (Lipinski definition) is 2. The van der Waals surface area contributed by atoms with Crippen LogP contribution in [0.1, 0.15) is 74.2 Å². The highest BCUT2D eigenvalue weighted by atomic mass is 16.2. The second-order valence-corrected chi connectivity index (χ2v) is 7.87. The van der Waals surface area contributed by atoms with Gasteiger partial charge in [-0.3, -0.25) is 9.59 Å². The van der Waals surface area contributed by atoms with Gasteiger partial charge in [-0.25, -0.2) is 5.43 Å². The van der Waals surface area contributed by atoms with E-state index in [1.807, 2.05) is 30.3 Å². The molecule has 0 spiro atoms. The fraction of sp³-hybridized carbons (Fsp3) is 0.400. The summed E-state index contributed by atoms with van der Waals surface area (Å²) in [5, 5.41) is 7.36. The molecule has 2 N–H and O–H groups in total. The Hall–Kier alpha value is -2.95. The molecule has 158 valence electrons. The van der Waals surface area contributed by atoms with Crippen molar-refractivity contribution < 1.29 is 9.59 Å². The van der Waals surface area contributed by atoms with Crippen molar-refractivity contribution in [2.24, 2.45) is 11.0 Å². The van der Waals surface area contributed by atoms with Crippen molar-refractivity contribution in [3.63, 3.8) is 0 Å². The Bertz CT molecular complexity index is 854. The van der Waals surface area contributed by atoms with Crippen LogP contribution in [0.2, 0.25) is 0 Å². The average Bonchev–Trinajstić information content (AvgIpc) is 2.80. The van der Waals surface area contributed by atoms with Gasteiger partial charge in [-0.05, 0) is 55.5 Å². The van der Waals surface area contributed by atoms with Crippen LogP contribution in [0.25, 0.3) is 0 Å². The van der Waals surface area contributed by atoms with E-state index in [0.29, 0.717) is 5.56 Å². The molecule has 0 atom stereocenters. The highest BCUT2D eigenvalue weighted by molar-refractivity contribution is 6.02. The van der Waals surface area contributed by atoms with E-state index in [1.54, 1.807) is 24.3 Å². The molecule has 3 rings (SSSR count). The van der Waals surface area contributed by atoms with Crippen LogP contribution in [0.4, 0.5) is 5.69 Å². The highest BCUT2D eigenvalue weighted by Crippen LogP contribution is 2.25. The lowest BCUT2D eigenvalue weighted by atomic mass is 9.88. The molecule has 1 aliphatic rings. The van der Waals surface area contributed by atoms with Gasteiger partial charge in [-0.15, -0.1) is 0 Å². The van der Waals surface area contributed by atoms with Crippen molar-refractivity contribution in [1.29, 1.82) is 0 Å². The van der Waals surface area contributed by atoms with Gasteiger partial charge >= 0.3 is 0 Å². The quantitative estimate of drug-likeness (QED) is 0.448. The summed E-state index contributed by atoms with van der Waals surface area (Å²) in [5.74, 6) is -0.0689. The van der Waals surface area contributed by atoms with E-state index in [4.69, 9.17) is 0 Å². The standard InChI is InChI=1S/C25H31N3O2/c1-2-3-14-23(19-10-6-4-7-11-19)27-28-25(30)21-15-17-22(18-16-21)26-24(29)20-12-8-5-9-13-20/h4,6-7,10-11,15-18,20H,2-3,5,8-9,12-14H2,1H3,(H,26,29)(H,28,30)/b27-23+. The summed E-state index contributed by atoms with van der Waals surface area (Å²) in [6.07, 6.45) is 8.29. The van der Waals surface area contributed by atoms with Crippen molar-refractivity contribution in [2.45, 2.75) is 58.3 Å². The summed E-state index contributed by atoms with van der Waals surface area (Å²) in [5.41, 5.74) is 5.81. The molecule has 0 aromatic heterocycles. The van der Waals surface area contributed by atoms with E-state index in [1.165, 1.54) is 6.42 Å².